The van der Waals surface area contributed by atoms with Crippen molar-refractivity contribution in [2.24, 2.45) is 0 Å². The number of hydrogen-bond donors (Lipinski definition) is 1. The van der Waals surface area contributed by atoms with Gasteiger partial charge in [0.25, 0.3) is 0 Å². The lowest BCUT2D eigenvalue weighted by Gasteiger charge is -2.08. The Balaban J connectivity index is 1.99. The number of fused-ring (bicyclic) bond motifs is 3. The highest BCUT2D eigenvalue weighted by atomic mass is 32.1. The first-order chi connectivity index (χ1) is 10.3. The van der Waals surface area contributed by atoms with E-state index in [0.29, 0.717) is 0 Å². The molecule has 1 aliphatic carbocycles. The molecule has 1 aliphatic rings. The van der Waals surface area contributed by atoms with Crippen molar-refractivity contribution in [2.45, 2.75) is 26.2 Å². The highest BCUT2D eigenvalue weighted by molar-refractivity contribution is 7.19. The summed E-state index contributed by atoms with van der Waals surface area (Å²) in [6, 6.07) is 1.98. The Morgan fingerprint density at radius 3 is 2.95 bits per heavy atom. The third-order valence-electron chi connectivity index (χ3n) is 4.06. The van der Waals surface area contributed by atoms with Crippen LogP contribution in [0.2, 0.25) is 0 Å². The zero-order valence-electron chi connectivity index (χ0n) is 12.1. The van der Waals surface area contributed by atoms with Crippen LogP contribution in [-0.4, -0.2) is 22.0 Å². The molecule has 0 spiro atoms. The van der Waals surface area contributed by atoms with Gasteiger partial charge in [0.1, 0.15) is 10.6 Å². The van der Waals surface area contributed by atoms with Crippen molar-refractivity contribution in [3.63, 3.8) is 0 Å². The van der Waals surface area contributed by atoms with Crippen LogP contribution in [0.1, 0.15) is 22.4 Å². The van der Waals surface area contributed by atoms with Crippen LogP contribution < -0.4 is 5.32 Å². The van der Waals surface area contributed by atoms with Crippen molar-refractivity contribution in [1.82, 2.24) is 15.0 Å². The number of aryl methyl sites for hydroxylation is 3. The molecule has 3 aromatic heterocycles. The van der Waals surface area contributed by atoms with Gasteiger partial charge in [-0.15, -0.1) is 11.3 Å². The van der Waals surface area contributed by atoms with E-state index in [1.165, 1.54) is 28.7 Å². The number of nitrogens with zero attached hydrogens (tertiary/aromatic N) is 3. The molecule has 4 nitrogen and oxygen atoms in total. The van der Waals surface area contributed by atoms with E-state index >= 15 is 0 Å². The molecule has 0 saturated carbocycles. The summed E-state index contributed by atoms with van der Waals surface area (Å²) in [4.78, 5) is 16.3. The van der Waals surface area contributed by atoms with Gasteiger partial charge in [-0.3, -0.25) is 4.98 Å². The lowest BCUT2D eigenvalue weighted by molar-refractivity contribution is 0.917. The number of rotatable bonds is 2. The summed E-state index contributed by atoms with van der Waals surface area (Å²) in [5.41, 5.74) is 3.61. The lowest BCUT2D eigenvalue weighted by Crippen LogP contribution is -1.99. The summed E-state index contributed by atoms with van der Waals surface area (Å²) in [6.07, 6.45) is 7.25. The molecular formula is C16H16N4S. The molecule has 1 N–H and O–H groups in total. The summed E-state index contributed by atoms with van der Waals surface area (Å²) in [6.45, 7) is 2.04. The van der Waals surface area contributed by atoms with Crippen molar-refractivity contribution in [3.05, 3.63) is 34.5 Å². The molecule has 106 valence electrons. The van der Waals surface area contributed by atoms with Crippen molar-refractivity contribution in [1.29, 1.82) is 0 Å². The summed E-state index contributed by atoms with van der Waals surface area (Å²) in [5, 5.41) is 4.48. The fourth-order valence-corrected chi connectivity index (χ4v) is 4.28. The molecule has 0 amide bonds. The normalized spacial score (nSPS) is 13.6. The quantitative estimate of drug-likeness (QED) is 0.785. The average molecular weight is 296 g/mol. The smallest absolute Gasteiger partial charge is 0.163 e. The lowest BCUT2D eigenvalue weighted by atomic mass is 10.1. The molecule has 0 fully saturated rings. The van der Waals surface area contributed by atoms with Crippen LogP contribution in [0.5, 0.6) is 0 Å². The molecule has 3 aromatic rings. The summed E-state index contributed by atoms with van der Waals surface area (Å²) in [5.74, 6) is 1.73. The minimum absolute atomic E-state index is 0.784. The first kappa shape index (κ1) is 12.7. The number of hydrogen-bond acceptors (Lipinski definition) is 5. The Kier molecular flexibility index (Phi) is 2.89. The van der Waals surface area contributed by atoms with Gasteiger partial charge in [-0.05, 0) is 43.4 Å². The Morgan fingerprint density at radius 1 is 1.24 bits per heavy atom. The molecule has 4 rings (SSSR count). The molecule has 21 heavy (non-hydrogen) atoms. The first-order valence-electron chi connectivity index (χ1n) is 7.19. The summed E-state index contributed by atoms with van der Waals surface area (Å²) < 4.78 is 0. The molecular weight excluding hydrogens is 280 g/mol. The third-order valence-corrected chi connectivity index (χ3v) is 5.25. The molecule has 0 radical (unpaired) electrons. The standard InChI is InChI=1S/C16H16N4S/c1-9-8-18-7-6-10(9)14-19-15(17-2)13-11-4-3-5-12(11)21-16(13)20-14/h6-8H,3-5H2,1-2H3,(H,17,19,20). The molecule has 0 aliphatic heterocycles. The number of thiophene rings is 1. The van der Waals surface area contributed by atoms with Crippen LogP contribution in [0, 0.1) is 6.92 Å². The SMILES string of the molecule is CNc1nc(-c2ccncc2C)nc2sc3c(c12)CCC3. The summed E-state index contributed by atoms with van der Waals surface area (Å²) in [7, 11) is 1.93. The molecule has 0 aromatic carbocycles. The highest BCUT2D eigenvalue weighted by Crippen LogP contribution is 2.40. The van der Waals surface area contributed by atoms with Gasteiger partial charge >= 0.3 is 0 Å². The van der Waals surface area contributed by atoms with Crippen molar-refractivity contribution in [3.8, 4) is 11.4 Å². The van der Waals surface area contributed by atoms with Gasteiger partial charge in [0.05, 0.1) is 5.39 Å². The largest absolute Gasteiger partial charge is 0.372 e. The van der Waals surface area contributed by atoms with Gasteiger partial charge in [0, 0.05) is 29.9 Å². The van der Waals surface area contributed by atoms with E-state index in [4.69, 9.17) is 9.97 Å². The molecule has 0 bridgehead atoms. The predicted molar refractivity (Wildman–Crippen MR) is 87.0 cm³/mol. The fraction of sp³-hybridized carbons (Fsp3) is 0.312. The Hall–Kier alpha value is -2.01. The van der Waals surface area contributed by atoms with Gasteiger partial charge in [0.15, 0.2) is 5.82 Å². The zero-order valence-corrected chi connectivity index (χ0v) is 12.9. The number of anilines is 1. The predicted octanol–water partition coefficient (Wildman–Crippen LogP) is 3.59. The van der Waals surface area contributed by atoms with Crippen molar-refractivity contribution >= 4 is 27.4 Å². The second-order valence-corrected chi connectivity index (χ2v) is 6.46. The molecule has 0 saturated heterocycles. The molecule has 0 unspecified atom stereocenters. The topological polar surface area (TPSA) is 50.7 Å². The fourth-order valence-electron chi connectivity index (χ4n) is 3.02. The number of pyridine rings is 1. The monoisotopic (exact) mass is 296 g/mol. The van der Waals surface area contributed by atoms with Gasteiger partial charge in [-0.25, -0.2) is 9.97 Å². The van der Waals surface area contributed by atoms with Crippen LogP contribution in [0.3, 0.4) is 0 Å². The molecule has 5 heteroatoms. The third kappa shape index (κ3) is 1.92. The number of aromatic nitrogens is 3. The zero-order chi connectivity index (χ0) is 14.4. The van der Waals surface area contributed by atoms with E-state index in [1.54, 1.807) is 6.20 Å². The van der Waals surface area contributed by atoms with Gasteiger partial charge in [-0.1, -0.05) is 0 Å². The maximum atomic E-state index is 4.82. The van der Waals surface area contributed by atoms with E-state index in [9.17, 15) is 0 Å². The van der Waals surface area contributed by atoms with Crippen LogP contribution in [0.4, 0.5) is 5.82 Å². The maximum absolute atomic E-state index is 4.82. The van der Waals surface area contributed by atoms with Crippen LogP contribution in [0.25, 0.3) is 21.6 Å². The van der Waals surface area contributed by atoms with Crippen LogP contribution in [-0.2, 0) is 12.8 Å². The minimum Gasteiger partial charge on any atom is -0.372 e. The molecule has 3 heterocycles. The van der Waals surface area contributed by atoms with E-state index in [0.717, 1.165) is 34.0 Å². The highest BCUT2D eigenvalue weighted by Gasteiger charge is 2.22. The van der Waals surface area contributed by atoms with E-state index in [-0.39, 0.29) is 0 Å². The van der Waals surface area contributed by atoms with Crippen molar-refractivity contribution < 1.29 is 0 Å². The Morgan fingerprint density at radius 2 is 2.14 bits per heavy atom. The van der Waals surface area contributed by atoms with Gasteiger partial charge < -0.3 is 5.32 Å². The van der Waals surface area contributed by atoms with E-state index in [1.807, 2.05) is 37.6 Å². The maximum Gasteiger partial charge on any atom is 0.163 e. The van der Waals surface area contributed by atoms with E-state index in [2.05, 4.69) is 10.3 Å². The first-order valence-corrected chi connectivity index (χ1v) is 8.00. The second kappa shape index (κ2) is 4.77. The van der Waals surface area contributed by atoms with E-state index < -0.39 is 0 Å². The molecule has 0 atom stereocenters. The second-order valence-electron chi connectivity index (χ2n) is 5.37. The van der Waals surface area contributed by atoms with Gasteiger partial charge in [0.2, 0.25) is 0 Å². The Bertz CT molecular complexity index is 838. The number of nitrogens with one attached hydrogen (secondary N) is 1. The van der Waals surface area contributed by atoms with Crippen LogP contribution >= 0.6 is 11.3 Å². The van der Waals surface area contributed by atoms with Crippen LogP contribution in [0.15, 0.2) is 18.5 Å². The summed E-state index contributed by atoms with van der Waals surface area (Å²) >= 11 is 1.82. The average Bonchev–Trinajstić information content (AvgIpc) is 3.07. The Labute approximate surface area is 127 Å². The minimum atomic E-state index is 0.784. The van der Waals surface area contributed by atoms with Gasteiger partial charge in [-0.2, -0.15) is 0 Å². The van der Waals surface area contributed by atoms with Crippen molar-refractivity contribution in [2.75, 3.05) is 12.4 Å².